The average molecular weight is 362 g/mol. The Morgan fingerprint density at radius 3 is 2.58 bits per heavy atom. The lowest BCUT2D eigenvalue weighted by Crippen LogP contribution is -2.65. The first-order chi connectivity index (χ1) is 12.1. The molecule has 6 nitrogen and oxygen atoms in total. The molecule has 0 spiro atoms. The highest BCUT2D eigenvalue weighted by molar-refractivity contribution is 5.81. The predicted octanol–water partition coefficient (Wildman–Crippen LogP) is 1.48. The quantitative estimate of drug-likeness (QED) is 0.501. The van der Waals surface area contributed by atoms with Gasteiger partial charge in [0.05, 0.1) is 11.5 Å². The maximum atomic E-state index is 12.6. The first kappa shape index (κ1) is 16.8. The van der Waals surface area contributed by atoms with Crippen molar-refractivity contribution in [1.82, 2.24) is 0 Å². The van der Waals surface area contributed by atoms with Crippen LogP contribution in [-0.4, -0.2) is 46.1 Å². The van der Waals surface area contributed by atoms with Crippen molar-refractivity contribution in [3.05, 3.63) is 11.6 Å². The summed E-state index contributed by atoms with van der Waals surface area (Å²) in [7, 11) is 0. The lowest BCUT2D eigenvalue weighted by Gasteiger charge is -2.58. The maximum Gasteiger partial charge on any atom is 0.312 e. The van der Waals surface area contributed by atoms with E-state index in [0.717, 1.165) is 12.8 Å². The summed E-state index contributed by atoms with van der Waals surface area (Å²) in [6.45, 7) is 5.79. The van der Waals surface area contributed by atoms with Crippen LogP contribution in [0.4, 0.5) is 0 Å². The molecule has 142 valence electrons. The van der Waals surface area contributed by atoms with Crippen molar-refractivity contribution in [3.8, 4) is 0 Å². The molecule has 0 aromatic rings. The van der Waals surface area contributed by atoms with Gasteiger partial charge >= 0.3 is 11.9 Å². The van der Waals surface area contributed by atoms with Crippen LogP contribution in [-0.2, 0) is 19.1 Å². The molecule has 0 unspecified atom stereocenters. The normalized spacial score (nSPS) is 57.5. The molecule has 2 heterocycles. The highest BCUT2D eigenvalue weighted by Gasteiger charge is 2.78. The van der Waals surface area contributed by atoms with Crippen LogP contribution >= 0.6 is 0 Å². The molecule has 5 rings (SSSR count). The molecule has 0 bridgehead atoms. The number of carbonyl (C=O) groups is 2. The number of hydrogen-bond acceptors (Lipinski definition) is 6. The first-order valence-corrected chi connectivity index (χ1v) is 9.62. The summed E-state index contributed by atoms with van der Waals surface area (Å²) in [5.74, 6) is -0.732. The van der Waals surface area contributed by atoms with Crippen molar-refractivity contribution in [2.24, 2.45) is 22.2 Å². The zero-order valence-corrected chi connectivity index (χ0v) is 15.4. The van der Waals surface area contributed by atoms with Gasteiger partial charge in [0.25, 0.3) is 0 Å². The van der Waals surface area contributed by atoms with Gasteiger partial charge in [0.2, 0.25) is 0 Å². The minimum Gasteiger partial charge on any atom is -0.457 e. The van der Waals surface area contributed by atoms with E-state index in [0.29, 0.717) is 18.4 Å². The van der Waals surface area contributed by atoms with Crippen LogP contribution in [0, 0.1) is 22.2 Å². The number of rotatable bonds is 0. The number of esters is 2. The van der Waals surface area contributed by atoms with E-state index in [2.05, 4.69) is 0 Å². The third-order valence-corrected chi connectivity index (χ3v) is 8.48. The van der Waals surface area contributed by atoms with Gasteiger partial charge in [0.1, 0.15) is 17.8 Å². The van der Waals surface area contributed by atoms with Gasteiger partial charge in [-0.1, -0.05) is 20.3 Å². The second-order valence-electron chi connectivity index (χ2n) is 9.70. The smallest absolute Gasteiger partial charge is 0.312 e. The van der Waals surface area contributed by atoms with E-state index in [4.69, 9.17) is 9.47 Å². The molecule has 6 heteroatoms. The molecule has 2 N–H and O–H groups in total. The minimum atomic E-state index is -1.52. The third kappa shape index (κ3) is 1.51. The lowest BCUT2D eigenvalue weighted by molar-refractivity contribution is -0.199. The van der Waals surface area contributed by atoms with Gasteiger partial charge in [-0.05, 0) is 32.3 Å². The van der Waals surface area contributed by atoms with Crippen LogP contribution < -0.4 is 0 Å². The van der Waals surface area contributed by atoms with Crippen LogP contribution in [0.2, 0.25) is 0 Å². The number of ether oxygens (including phenoxy) is 2. The highest BCUT2D eigenvalue weighted by atomic mass is 16.6. The lowest BCUT2D eigenvalue weighted by atomic mass is 9.46. The SMILES string of the molecule is C[C@]12CCC(=O)O[C@H]1C1=C[C@H]3OC(=O)[C@@]4(C)CCC[C@@](C)([C@@H]34)[C@]1(O)[C@H]2O. The van der Waals surface area contributed by atoms with Crippen molar-refractivity contribution in [3.63, 3.8) is 0 Å². The monoisotopic (exact) mass is 362 g/mol. The minimum absolute atomic E-state index is 0.195. The number of carbonyl (C=O) groups excluding carboxylic acids is 2. The summed E-state index contributed by atoms with van der Waals surface area (Å²) in [4.78, 5) is 24.6. The Balaban J connectivity index is 1.74. The van der Waals surface area contributed by atoms with Crippen LogP contribution in [0.25, 0.3) is 0 Å². The van der Waals surface area contributed by atoms with Crippen LogP contribution in [0.1, 0.15) is 52.9 Å². The highest BCUT2D eigenvalue weighted by Crippen LogP contribution is 2.70. The Kier molecular flexibility index (Phi) is 2.92. The zero-order chi connectivity index (χ0) is 18.7. The van der Waals surface area contributed by atoms with E-state index < -0.39 is 40.2 Å². The van der Waals surface area contributed by atoms with Gasteiger partial charge in [0, 0.05) is 28.7 Å². The summed E-state index contributed by atoms with van der Waals surface area (Å²) in [5, 5.41) is 23.4. The Morgan fingerprint density at radius 2 is 1.85 bits per heavy atom. The Bertz CT molecular complexity index is 759. The van der Waals surface area contributed by atoms with Gasteiger partial charge in [-0.25, -0.2) is 0 Å². The molecule has 4 fully saturated rings. The predicted molar refractivity (Wildman–Crippen MR) is 89.7 cm³/mol. The molecule has 8 atom stereocenters. The molecule has 0 radical (unpaired) electrons. The number of aliphatic hydroxyl groups excluding tert-OH is 1. The van der Waals surface area contributed by atoms with Crippen molar-refractivity contribution in [2.45, 2.75) is 76.8 Å². The van der Waals surface area contributed by atoms with Gasteiger partial charge in [-0.2, -0.15) is 0 Å². The maximum absolute atomic E-state index is 12.6. The largest absolute Gasteiger partial charge is 0.457 e. The zero-order valence-electron chi connectivity index (χ0n) is 15.4. The van der Waals surface area contributed by atoms with Gasteiger partial charge < -0.3 is 19.7 Å². The fraction of sp³-hybridized carbons (Fsp3) is 0.800. The van der Waals surface area contributed by atoms with Gasteiger partial charge in [0.15, 0.2) is 0 Å². The summed E-state index contributed by atoms with van der Waals surface area (Å²) in [6, 6.07) is 0. The van der Waals surface area contributed by atoms with E-state index in [-0.39, 0.29) is 24.3 Å². The topological polar surface area (TPSA) is 93.1 Å². The van der Waals surface area contributed by atoms with E-state index in [1.807, 2.05) is 20.8 Å². The van der Waals surface area contributed by atoms with Crippen LogP contribution in [0.3, 0.4) is 0 Å². The molecule has 2 saturated heterocycles. The fourth-order valence-electron chi connectivity index (χ4n) is 7.07. The van der Waals surface area contributed by atoms with Crippen molar-refractivity contribution in [2.75, 3.05) is 0 Å². The van der Waals surface area contributed by atoms with Gasteiger partial charge in [-0.3, -0.25) is 9.59 Å². The molecular formula is C20H26O6. The van der Waals surface area contributed by atoms with Crippen molar-refractivity contribution >= 4 is 11.9 Å². The Labute approximate surface area is 152 Å². The molecule has 0 amide bonds. The summed E-state index contributed by atoms with van der Waals surface area (Å²) in [6.07, 6.45) is 2.53. The second kappa shape index (κ2) is 4.53. The van der Waals surface area contributed by atoms with E-state index in [9.17, 15) is 19.8 Å². The molecule has 26 heavy (non-hydrogen) atoms. The summed E-state index contributed by atoms with van der Waals surface area (Å²) in [5.41, 5.74) is -3.08. The fourth-order valence-corrected chi connectivity index (χ4v) is 7.07. The van der Waals surface area contributed by atoms with E-state index in [1.54, 1.807) is 6.08 Å². The van der Waals surface area contributed by atoms with Crippen LogP contribution in [0.5, 0.6) is 0 Å². The molecule has 0 aromatic carbocycles. The van der Waals surface area contributed by atoms with Crippen molar-refractivity contribution in [1.29, 1.82) is 0 Å². The first-order valence-electron chi connectivity index (χ1n) is 9.62. The number of aliphatic hydroxyl groups is 2. The van der Waals surface area contributed by atoms with E-state index >= 15 is 0 Å². The second-order valence-corrected chi connectivity index (χ2v) is 9.70. The molecule has 5 aliphatic rings. The van der Waals surface area contributed by atoms with Gasteiger partial charge in [-0.15, -0.1) is 0 Å². The summed E-state index contributed by atoms with van der Waals surface area (Å²) >= 11 is 0. The third-order valence-electron chi connectivity index (χ3n) is 8.48. The Morgan fingerprint density at radius 1 is 1.12 bits per heavy atom. The standard InChI is InChI=1S/C20H26O6/c1-17-6-4-7-19(3)13(17)11(25-16(17)23)9-10-14-18(2,8-5-12(21)26-14)15(22)20(10,19)24/h9,11,13-15,22,24H,4-8H2,1-3H3/t11-,13+,14+,15+,17+,18+,19+,20-/m1/s1. The molecule has 2 saturated carbocycles. The molecule has 3 aliphatic carbocycles. The van der Waals surface area contributed by atoms with Crippen molar-refractivity contribution < 1.29 is 29.3 Å². The molecule has 2 aliphatic heterocycles. The molecular weight excluding hydrogens is 336 g/mol. The summed E-state index contributed by atoms with van der Waals surface area (Å²) < 4.78 is 11.4. The molecule has 0 aromatic heterocycles. The number of fused-ring (bicyclic) bond motifs is 4. The van der Waals surface area contributed by atoms with Crippen LogP contribution in [0.15, 0.2) is 11.6 Å². The number of hydrogen-bond donors (Lipinski definition) is 2. The Hall–Kier alpha value is -1.40. The average Bonchev–Trinajstić information content (AvgIpc) is 2.93. The van der Waals surface area contributed by atoms with E-state index in [1.165, 1.54) is 0 Å².